The maximum absolute atomic E-state index is 12.7. The molecule has 0 aliphatic heterocycles. The van der Waals surface area contributed by atoms with Gasteiger partial charge in [0.1, 0.15) is 0 Å². The van der Waals surface area contributed by atoms with Crippen molar-refractivity contribution in [2.24, 2.45) is 0 Å². The minimum Gasteiger partial charge on any atom is -0.294 e. The largest absolute Gasteiger partial charge is 0.294 e. The molecule has 0 fully saturated rings. The second-order valence-corrected chi connectivity index (χ2v) is 10.8. The summed E-state index contributed by atoms with van der Waals surface area (Å²) in [4.78, 5) is 12.9. The number of fused-ring (bicyclic) bond motifs is 3. The first-order valence-electron chi connectivity index (χ1n) is 13.6. The highest BCUT2D eigenvalue weighted by Crippen LogP contribution is 2.48. The summed E-state index contributed by atoms with van der Waals surface area (Å²) in [7, 11) is 0. The number of alkyl halides is 1. The van der Waals surface area contributed by atoms with E-state index < -0.39 is 0 Å². The molecule has 0 heterocycles. The fourth-order valence-corrected chi connectivity index (χ4v) is 5.90. The van der Waals surface area contributed by atoms with Crippen LogP contribution in [0.25, 0.3) is 11.1 Å². The molecule has 0 amide bonds. The first kappa shape index (κ1) is 26.2. The van der Waals surface area contributed by atoms with Crippen molar-refractivity contribution in [2.45, 2.75) is 114 Å². The van der Waals surface area contributed by atoms with Gasteiger partial charge in [-0.3, -0.25) is 4.79 Å². The minimum atomic E-state index is 0.197. The molecule has 180 valence electrons. The SMILES string of the molecule is CCCCCCCCCCCCCCCCCC(=O)c1ccc2c(c1)C(Br)c1ccccc1-2. The molecule has 0 radical (unpaired) electrons. The van der Waals surface area contributed by atoms with Crippen LogP contribution in [-0.4, -0.2) is 5.78 Å². The summed E-state index contributed by atoms with van der Waals surface area (Å²) in [5.41, 5.74) is 5.96. The van der Waals surface area contributed by atoms with Crippen LogP contribution in [0.2, 0.25) is 0 Å². The van der Waals surface area contributed by atoms with Gasteiger partial charge in [0.2, 0.25) is 0 Å². The molecular weight excluding hydrogens is 468 g/mol. The molecular formula is C31H43BrO. The standard InChI is InChI=1S/C31H43BrO/c1-2-3-4-5-6-7-8-9-10-11-12-13-14-15-16-21-30(33)25-22-23-27-26-19-17-18-20-28(26)31(32)29(27)24-25/h17-20,22-24,31H,2-16,21H2,1H3. The van der Waals surface area contributed by atoms with Crippen molar-refractivity contribution >= 4 is 21.7 Å². The van der Waals surface area contributed by atoms with Gasteiger partial charge < -0.3 is 0 Å². The van der Waals surface area contributed by atoms with E-state index in [0.29, 0.717) is 12.2 Å². The molecule has 0 N–H and O–H groups in total. The van der Waals surface area contributed by atoms with Gasteiger partial charge in [0.25, 0.3) is 0 Å². The second-order valence-electron chi connectivity index (χ2n) is 9.87. The van der Waals surface area contributed by atoms with Crippen LogP contribution in [0.15, 0.2) is 42.5 Å². The number of unbranched alkanes of at least 4 members (excludes halogenated alkanes) is 14. The predicted octanol–water partition coefficient (Wildman–Crippen LogP) is 10.6. The van der Waals surface area contributed by atoms with Crippen molar-refractivity contribution in [3.05, 3.63) is 59.2 Å². The van der Waals surface area contributed by atoms with E-state index in [-0.39, 0.29) is 4.83 Å². The molecule has 0 aromatic heterocycles. The summed E-state index contributed by atoms with van der Waals surface area (Å²) in [6, 6.07) is 14.8. The van der Waals surface area contributed by atoms with E-state index >= 15 is 0 Å². The lowest BCUT2D eigenvalue weighted by Gasteiger charge is -2.07. The highest BCUT2D eigenvalue weighted by Gasteiger charge is 2.26. The molecule has 2 aromatic rings. The summed E-state index contributed by atoms with van der Waals surface area (Å²) in [5, 5.41) is 0. The van der Waals surface area contributed by atoms with Crippen LogP contribution in [0.3, 0.4) is 0 Å². The molecule has 2 aromatic carbocycles. The van der Waals surface area contributed by atoms with Gasteiger partial charge in [0.05, 0.1) is 4.83 Å². The monoisotopic (exact) mass is 510 g/mol. The average Bonchev–Trinajstić information content (AvgIpc) is 3.13. The van der Waals surface area contributed by atoms with Crippen LogP contribution in [-0.2, 0) is 0 Å². The van der Waals surface area contributed by atoms with Crippen molar-refractivity contribution in [3.8, 4) is 11.1 Å². The lowest BCUT2D eigenvalue weighted by atomic mass is 9.98. The lowest BCUT2D eigenvalue weighted by molar-refractivity contribution is 0.0979. The van der Waals surface area contributed by atoms with E-state index in [2.05, 4.69) is 59.3 Å². The van der Waals surface area contributed by atoms with Gasteiger partial charge >= 0.3 is 0 Å². The van der Waals surface area contributed by atoms with Crippen LogP contribution in [0.1, 0.15) is 136 Å². The Morgan fingerprint density at radius 2 is 1.18 bits per heavy atom. The van der Waals surface area contributed by atoms with E-state index in [4.69, 9.17) is 0 Å². The average molecular weight is 512 g/mol. The number of benzene rings is 2. The van der Waals surface area contributed by atoms with E-state index in [9.17, 15) is 4.79 Å². The highest BCUT2D eigenvalue weighted by molar-refractivity contribution is 9.09. The third kappa shape index (κ3) is 8.09. The van der Waals surface area contributed by atoms with Crippen LogP contribution in [0.5, 0.6) is 0 Å². The number of hydrogen-bond acceptors (Lipinski definition) is 1. The normalized spacial score (nSPS) is 14.3. The molecule has 0 saturated carbocycles. The topological polar surface area (TPSA) is 17.1 Å². The molecule has 0 bridgehead atoms. The first-order chi connectivity index (χ1) is 16.2. The van der Waals surface area contributed by atoms with Crippen molar-refractivity contribution in [3.63, 3.8) is 0 Å². The zero-order valence-electron chi connectivity index (χ0n) is 20.7. The van der Waals surface area contributed by atoms with E-state index in [1.54, 1.807) is 0 Å². The van der Waals surface area contributed by atoms with Crippen LogP contribution in [0.4, 0.5) is 0 Å². The molecule has 1 aliphatic rings. The fourth-order valence-electron chi connectivity index (χ4n) is 5.12. The highest BCUT2D eigenvalue weighted by atomic mass is 79.9. The summed E-state index contributed by atoms with van der Waals surface area (Å²) in [5.74, 6) is 0.295. The molecule has 0 spiro atoms. The van der Waals surface area contributed by atoms with E-state index in [1.807, 2.05) is 6.07 Å². The predicted molar refractivity (Wildman–Crippen MR) is 147 cm³/mol. The number of hydrogen-bond donors (Lipinski definition) is 0. The molecule has 1 unspecified atom stereocenters. The Morgan fingerprint density at radius 1 is 0.667 bits per heavy atom. The van der Waals surface area contributed by atoms with Gasteiger partial charge in [-0.15, -0.1) is 0 Å². The minimum absolute atomic E-state index is 0.197. The van der Waals surface area contributed by atoms with E-state index in [1.165, 1.54) is 112 Å². The smallest absolute Gasteiger partial charge is 0.162 e. The summed E-state index contributed by atoms with van der Waals surface area (Å²) in [6.45, 7) is 2.28. The maximum Gasteiger partial charge on any atom is 0.162 e. The van der Waals surface area contributed by atoms with Gasteiger partial charge in [-0.1, -0.05) is 149 Å². The third-order valence-corrected chi connectivity index (χ3v) is 8.16. The molecule has 1 atom stereocenters. The Balaban J connectivity index is 1.22. The Hall–Kier alpha value is -1.41. The van der Waals surface area contributed by atoms with Crippen molar-refractivity contribution < 1.29 is 4.79 Å². The van der Waals surface area contributed by atoms with Gasteiger partial charge in [-0.05, 0) is 34.7 Å². The Bertz CT molecular complexity index is 856. The molecule has 1 nitrogen and oxygen atoms in total. The number of rotatable bonds is 17. The number of halogens is 1. The van der Waals surface area contributed by atoms with Crippen molar-refractivity contribution in [1.82, 2.24) is 0 Å². The summed E-state index contributed by atoms with van der Waals surface area (Å²) in [6.07, 6.45) is 21.0. The molecule has 3 rings (SSSR count). The lowest BCUT2D eigenvalue weighted by Crippen LogP contribution is -2.00. The third-order valence-electron chi connectivity index (χ3n) is 7.18. The fraction of sp³-hybridized carbons (Fsp3) is 0.581. The molecule has 2 heteroatoms. The van der Waals surface area contributed by atoms with Gasteiger partial charge in [-0.25, -0.2) is 0 Å². The molecule has 0 saturated heterocycles. The number of Topliss-reactive ketones (excluding diaryl/α,β-unsaturated/α-hetero) is 1. The van der Waals surface area contributed by atoms with Gasteiger partial charge in [0, 0.05) is 12.0 Å². The summed E-state index contributed by atoms with van der Waals surface area (Å²) >= 11 is 3.83. The zero-order chi connectivity index (χ0) is 23.3. The van der Waals surface area contributed by atoms with Crippen LogP contribution in [0, 0.1) is 0 Å². The Kier molecular flexibility index (Phi) is 11.7. The number of carbonyl (C=O) groups is 1. The van der Waals surface area contributed by atoms with Gasteiger partial charge in [-0.2, -0.15) is 0 Å². The summed E-state index contributed by atoms with van der Waals surface area (Å²) < 4.78 is 0. The maximum atomic E-state index is 12.7. The number of carbonyl (C=O) groups excluding carboxylic acids is 1. The van der Waals surface area contributed by atoms with Crippen molar-refractivity contribution in [2.75, 3.05) is 0 Å². The van der Waals surface area contributed by atoms with Gasteiger partial charge in [0.15, 0.2) is 5.78 Å². The first-order valence-corrected chi connectivity index (χ1v) is 14.5. The van der Waals surface area contributed by atoms with Crippen LogP contribution < -0.4 is 0 Å². The second kappa shape index (κ2) is 14.8. The van der Waals surface area contributed by atoms with Crippen LogP contribution >= 0.6 is 15.9 Å². The zero-order valence-corrected chi connectivity index (χ0v) is 22.3. The molecule has 33 heavy (non-hydrogen) atoms. The van der Waals surface area contributed by atoms with E-state index in [0.717, 1.165) is 12.0 Å². The number of ketones is 1. The Morgan fingerprint density at radius 3 is 1.79 bits per heavy atom. The quantitative estimate of drug-likeness (QED) is 0.117. The molecule has 1 aliphatic carbocycles. The van der Waals surface area contributed by atoms with Crippen molar-refractivity contribution in [1.29, 1.82) is 0 Å². The Labute approximate surface area is 210 Å².